The lowest BCUT2D eigenvalue weighted by molar-refractivity contribution is 0.679. The highest BCUT2D eigenvalue weighted by Gasteiger charge is 2.19. The Labute approximate surface area is 96.5 Å². The van der Waals surface area contributed by atoms with Gasteiger partial charge in [-0.15, -0.1) is 0 Å². The summed E-state index contributed by atoms with van der Waals surface area (Å²) in [5.41, 5.74) is 2.22. The number of hydrogen-bond acceptors (Lipinski definition) is 3. The van der Waals surface area contributed by atoms with E-state index in [1.807, 2.05) is 6.92 Å². The molecule has 2 rings (SSSR count). The molecule has 0 aliphatic heterocycles. The summed E-state index contributed by atoms with van der Waals surface area (Å²) in [5.74, 6) is 1.46. The second-order valence-electron chi connectivity index (χ2n) is 4.49. The Morgan fingerprint density at radius 2 is 2.12 bits per heavy atom. The van der Waals surface area contributed by atoms with Gasteiger partial charge in [0.2, 0.25) is 0 Å². The van der Waals surface area contributed by atoms with Crippen molar-refractivity contribution in [1.29, 1.82) is 5.26 Å². The third kappa shape index (κ3) is 2.57. The summed E-state index contributed by atoms with van der Waals surface area (Å²) in [5, 5.41) is 8.57. The average molecular weight is 215 g/mol. The predicted octanol–water partition coefficient (Wildman–Crippen LogP) is 2.90. The second-order valence-corrected chi connectivity index (χ2v) is 4.49. The maximum atomic E-state index is 8.57. The fourth-order valence-electron chi connectivity index (χ4n) is 2.37. The molecule has 3 heteroatoms. The summed E-state index contributed by atoms with van der Waals surface area (Å²) in [4.78, 5) is 8.97. The molecule has 1 aromatic heterocycles. The molecule has 0 atom stereocenters. The molecule has 0 bridgehead atoms. The zero-order chi connectivity index (χ0) is 11.4. The molecule has 1 aromatic rings. The van der Waals surface area contributed by atoms with E-state index in [0.29, 0.717) is 18.8 Å². The fraction of sp³-hybridized carbons (Fsp3) is 0.615. The van der Waals surface area contributed by atoms with E-state index in [0.717, 1.165) is 11.5 Å². The number of aryl methyl sites for hydroxylation is 2. The average Bonchev–Trinajstić information content (AvgIpc) is 2.79. The maximum Gasteiger partial charge on any atom is 0.129 e. The number of hydrogen-bond donors (Lipinski definition) is 0. The highest BCUT2D eigenvalue weighted by atomic mass is 14.9. The smallest absolute Gasteiger partial charge is 0.129 e. The SMILES string of the molecule is Cc1cc(C2CCCC2)nc(CCC#N)n1. The molecule has 0 N–H and O–H groups in total. The minimum Gasteiger partial charge on any atom is -0.238 e. The Balaban J connectivity index is 2.18. The van der Waals surface area contributed by atoms with Crippen molar-refractivity contribution in [3.8, 4) is 6.07 Å². The Bertz CT molecular complexity index is 400. The Hall–Kier alpha value is -1.43. The van der Waals surface area contributed by atoms with Crippen LogP contribution in [-0.2, 0) is 6.42 Å². The summed E-state index contributed by atoms with van der Waals surface area (Å²) < 4.78 is 0. The summed E-state index contributed by atoms with van der Waals surface area (Å²) in [7, 11) is 0. The van der Waals surface area contributed by atoms with Gasteiger partial charge in [0.1, 0.15) is 5.82 Å². The van der Waals surface area contributed by atoms with Gasteiger partial charge in [-0.3, -0.25) is 0 Å². The highest BCUT2D eigenvalue weighted by molar-refractivity contribution is 5.15. The first-order valence-corrected chi connectivity index (χ1v) is 6.01. The standard InChI is InChI=1S/C13H17N3/c1-10-9-12(11-5-2-3-6-11)16-13(15-10)7-4-8-14/h9,11H,2-7H2,1H3. The molecule has 1 aliphatic rings. The Morgan fingerprint density at radius 1 is 1.38 bits per heavy atom. The van der Waals surface area contributed by atoms with Crippen LogP contribution in [0.5, 0.6) is 0 Å². The molecule has 0 aromatic carbocycles. The van der Waals surface area contributed by atoms with E-state index in [1.54, 1.807) is 0 Å². The van der Waals surface area contributed by atoms with Crippen molar-refractivity contribution in [3.05, 3.63) is 23.3 Å². The van der Waals surface area contributed by atoms with E-state index in [4.69, 9.17) is 5.26 Å². The molecular formula is C13H17N3. The minimum atomic E-state index is 0.508. The summed E-state index contributed by atoms with van der Waals surface area (Å²) in [6, 6.07) is 4.25. The third-order valence-electron chi connectivity index (χ3n) is 3.15. The zero-order valence-corrected chi connectivity index (χ0v) is 9.74. The van der Waals surface area contributed by atoms with Crippen LogP contribution in [0, 0.1) is 18.3 Å². The molecule has 1 heterocycles. The van der Waals surface area contributed by atoms with E-state index in [2.05, 4.69) is 22.1 Å². The molecule has 0 amide bonds. The van der Waals surface area contributed by atoms with Crippen LogP contribution in [0.1, 0.15) is 55.2 Å². The normalized spacial score (nSPS) is 16.2. The third-order valence-corrected chi connectivity index (χ3v) is 3.15. The quantitative estimate of drug-likeness (QED) is 0.779. The van der Waals surface area contributed by atoms with Crippen molar-refractivity contribution >= 4 is 0 Å². The van der Waals surface area contributed by atoms with Crippen LogP contribution < -0.4 is 0 Å². The zero-order valence-electron chi connectivity index (χ0n) is 9.74. The van der Waals surface area contributed by atoms with E-state index in [-0.39, 0.29) is 0 Å². The lowest BCUT2D eigenvalue weighted by Gasteiger charge is -2.10. The number of nitriles is 1. The van der Waals surface area contributed by atoms with Crippen molar-refractivity contribution in [1.82, 2.24) is 9.97 Å². The van der Waals surface area contributed by atoms with E-state index >= 15 is 0 Å². The van der Waals surface area contributed by atoms with Gasteiger partial charge < -0.3 is 0 Å². The molecule has 16 heavy (non-hydrogen) atoms. The monoisotopic (exact) mass is 215 g/mol. The minimum absolute atomic E-state index is 0.508. The van der Waals surface area contributed by atoms with Crippen molar-refractivity contribution < 1.29 is 0 Å². The summed E-state index contributed by atoms with van der Waals surface area (Å²) in [6.45, 7) is 2.01. The van der Waals surface area contributed by atoms with Gasteiger partial charge in [-0.1, -0.05) is 12.8 Å². The number of rotatable bonds is 3. The van der Waals surface area contributed by atoms with Crippen LogP contribution in [0.3, 0.4) is 0 Å². The summed E-state index contributed by atoms with van der Waals surface area (Å²) in [6.07, 6.45) is 6.34. The van der Waals surface area contributed by atoms with Gasteiger partial charge in [0.15, 0.2) is 0 Å². The molecular weight excluding hydrogens is 198 g/mol. The van der Waals surface area contributed by atoms with Crippen LogP contribution in [0.15, 0.2) is 6.07 Å². The molecule has 1 fully saturated rings. The van der Waals surface area contributed by atoms with Crippen LogP contribution in [0.25, 0.3) is 0 Å². The maximum absolute atomic E-state index is 8.57. The van der Waals surface area contributed by atoms with Gasteiger partial charge in [-0.05, 0) is 25.8 Å². The number of aromatic nitrogens is 2. The van der Waals surface area contributed by atoms with Gasteiger partial charge in [-0.2, -0.15) is 5.26 Å². The van der Waals surface area contributed by atoms with Crippen molar-refractivity contribution in [2.75, 3.05) is 0 Å². The Morgan fingerprint density at radius 3 is 2.81 bits per heavy atom. The van der Waals surface area contributed by atoms with Crippen LogP contribution in [-0.4, -0.2) is 9.97 Å². The van der Waals surface area contributed by atoms with Crippen molar-refractivity contribution in [2.24, 2.45) is 0 Å². The van der Waals surface area contributed by atoms with Crippen LogP contribution in [0.4, 0.5) is 0 Å². The fourth-order valence-corrected chi connectivity index (χ4v) is 2.37. The highest BCUT2D eigenvalue weighted by Crippen LogP contribution is 2.33. The van der Waals surface area contributed by atoms with Crippen LogP contribution in [0.2, 0.25) is 0 Å². The summed E-state index contributed by atoms with van der Waals surface area (Å²) >= 11 is 0. The molecule has 84 valence electrons. The van der Waals surface area contributed by atoms with Gasteiger partial charge in [-0.25, -0.2) is 9.97 Å². The van der Waals surface area contributed by atoms with Gasteiger partial charge in [0, 0.05) is 30.1 Å². The lowest BCUT2D eigenvalue weighted by atomic mass is 10.0. The molecule has 0 unspecified atom stereocenters. The van der Waals surface area contributed by atoms with Gasteiger partial charge >= 0.3 is 0 Å². The first-order valence-electron chi connectivity index (χ1n) is 6.01. The molecule has 3 nitrogen and oxygen atoms in total. The molecule has 0 radical (unpaired) electrons. The largest absolute Gasteiger partial charge is 0.238 e. The van der Waals surface area contributed by atoms with Gasteiger partial charge in [0.05, 0.1) is 6.07 Å². The van der Waals surface area contributed by atoms with E-state index in [1.165, 1.54) is 31.4 Å². The van der Waals surface area contributed by atoms with E-state index in [9.17, 15) is 0 Å². The topological polar surface area (TPSA) is 49.6 Å². The van der Waals surface area contributed by atoms with Gasteiger partial charge in [0.25, 0.3) is 0 Å². The van der Waals surface area contributed by atoms with Crippen molar-refractivity contribution in [3.63, 3.8) is 0 Å². The predicted molar refractivity (Wildman–Crippen MR) is 61.9 cm³/mol. The molecule has 1 saturated carbocycles. The number of nitrogens with zero attached hydrogens (tertiary/aromatic N) is 3. The lowest BCUT2D eigenvalue weighted by Crippen LogP contribution is -2.04. The van der Waals surface area contributed by atoms with Crippen molar-refractivity contribution in [2.45, 2.75) is 51.4 Å². The molecule has 0 spiro atoms. The van der Waals surface area contributed by atoms with Crippen LogP contribution >= 0.6 is 0 Å². The first kappa shape index (κ1) is 11.1. The molecule has 1 aliphatic carbocycles. The molecule has 0 saturated heterocycles. The second kappa shape index (κ2) is 5.07. The van der Waals surface area contributed by atoms with E-state index < -0.39 is 0 Å². The first-order chi connectivity index (χ1) is 7.79. The Kier molecular flexibility index (Phi) is 3.51.